The summed E-state index contributed by atoms with van der Waals surface area (Å²) in [5.74, 6) is 0.974. The second kappa shape index (κ2) is 10.9. The zero-order valence-electron chi connectivity index (χ0n) is 14.6. The van der Waals surface area contributed by atoms with Crippen LogP contribution >= 0.6 is 24.0 Å². The number of nitrogens with one attached hydrogen (secondary N) is 2. The van der Waals surface area contributed by atoms with E-state index in [1.54, 1.807) is 25.4 Å². The fourth-order valence-corrected chi connectivity index (χ4v) is 2.05. The lowest BCUT2D eigenvalue weighted by atomic mass is 10.2. The number of pyridine rings is 1. The van der Waals surface area contributed by atoms with Gasteiger partial charge in [0.2, 0.25) is 5.88 Å². The molecule has 0 atom stereocenters. The lowest BCUT2D eigenvalue weighted by Crippen LogP contribution is -2.36. The van der Waals surface area contributed by atoms with Gasteiger partial charge in [-0.3, -0.25) is 4.99 Å². The number of aromatic nitrogens is 1. The highest BCUT2D eigenvalue weighted by Gasteiger charge is 2.04. The van der Waals surface area contributed by atoms with E-state index in [4.69, 9.17) is 4.74 Å². The molecule has 0 bridgehead atoms. The van der Waals surface area contributed by atoms with E-state index in [0.717, 1.165) is 5.56 Å². The normalized spacial score (nSPS) is 11.0. The van der Waals surface area contributed by atoms with Gasteiger partial charge in [-0.25, -0.2) is 9.37 Å². The monoisotopic (exact) mass is 458 g/mol. The molecule has 0 aliphatic carbocycles. The minimum atomic E-state index is -0.231. The second-order valence-electron chi connectivity index (χ2n) is 5.54. The summed E-state index contributed by atoms with van der Waals surface area (Å²) in [6.07, 6.45) is 1.86. The minimum absolute atomic E-state index is 0. The third-order valence-corrected chi connectivity index (χ3v) is 3.24. The highest BCUT2D eigenvalue weighted by molar-refractivity contribution is 14.0. The Kier molecular flexibility index (Phi) is 9.18. The molecule has 0 fully saturated rings. The molecular formula is C18H24FIN4O. The van der Waals surface area contributed by atoms with E-state index in [9.17, 15) is 4.39 Å². The van der Waals surface area contributed by atoms with Crippen LogP contribution in [0.5, 0.6) is 5.88 Å². The van der Waals surface area contributed by atoms with Crippen molar-refractivity contribution in [3.05, 3.63) is 59.5 Å². The van der Waals surface area contributed by atoms with Crippen LogP contribution in [-0.4, -0.2) is 24.1 Å². The summed E-state index contributed by atoms with van der Waals surface area (Å²) < 4.78 is 19.1. The van der Waals surface area contributed by atoms with E-state index in [1.807, 2.05) is 32.0 Å². The SMILES string of the molecule is CN=C(NCc1ccc(OC(C)C)nc1)NCc1ccccc1F.I. The van der Waals surface area contributed by atoms with Gasteiger partial charge in [0.25, 0.3) is 0 Å². The van der Waals surface area contributed by atoms with Gasteiger partial charge in [0.05, 0.1) is 6.10 Å². The molecule has 0 amide bonds. The molecule has 0 aliphatic rings. The minimum Gasteiger partial charge on any atom is -0.475 e. The zero-order valence-corrected chi connectivity index (χ0v) is 17.0. The summed E-state index contributed by atoms with van der Waals surface area (Å²) in [6.45, 7) is 4.85. The fraction of sp³-hybridized carbons (Fsp3) is 0.333. The average molecular weight is 458 g/mol. The molecule has 1 heterocycles. The molecule has 7 heteroatoms. The molecule has 25 heavy (non-hydrogen) atoms. The summed E-state index contributed by atoms with van der Waals surface area (Å²) in [6, 6.07) is 10.5. The van der Waals surface area contributed by atoms with Crippen LogP contribution in [0.15, 0.2) is 47.6 Å². The van der Waals surface area contributed by atoms with Crippen molar-refractivity contribution in [2.45, 2.75) is 33.0 Å². The van der Waals surface area contributed by atoms with Gasteiger partial charge in [-0.15, -0.1) is 24.0 Å². The molecule has 1 aromatic carbocycles. The van der Waals surface area contributed by atoms with E-state index >= 15 is 0 Å². The first-order valence-corrected chi connectivity index (χ1v) is 7.88. The van der Waals surface area contributed by atoms with E-state index < -0.39 is 0 Å². The van der Waals surface area contributed by atoms with Gasteiger partial charge >= 0.3 is 0 Å². The van der Waals surface area contributed by atoms with Gasteiger partial charge in [0.15, 0.2) is 5.96 Å². The van der Waals surface area contributed by atoms with Crippen molar-refractivity contribution in [1.29, 1.82) is 0 Å². The first kappa shape index (κ1) is 21.1. The number of rotatable bonds is 6. The van der Waals surface area contributed by atoms with Crippen LogP contribution in [0.2, 0.25) is 0 Å². The van der Waals surface area contributed by atoms with E-state index in [0.29, 0.717) is 30.5 Å². The molecule has 0 radical (unpaired) electrons. The van der Waals surface area contributed by atoms with Crippen LogP contribution < -0.4 is 15.4 Å². The third kappa shape index (κ3) is 7.25. The lowest BCUT2D eigenvalue weighted by molar-refractivity contribution is 0.232. The molecule has 0 unspecified atom stereocenters. The van der Waals surface area contributed by atoms with Crippen LogP contribution in [0, 0.1) is 5.82 Å². The Hall–Kier alpha value is -1.90. The maximum Gasteiger partial charge on any atom is 0.213 e. The molecule has 5 nitrogen and oxygen atoms in total. The van der Waals surface area contributed by atoms with Crippen molar-refractivity contribution < 1.29 is 9.13 Å². The lowest BCUT2D eigenvalue weighted by Gasteiger charge is -2.13. The van der Waals surface area contributed by atoms with Crippen LogP contribution in [-0.2, 0) is 13.1 Å². The van der Waals surface area contributed by atoms with Gasteiger partial charge in [-0.1, -0.05) is 24.3 Å². The second-order valence-corrected chi connectivity index (χ2v) is 5.54. The van der Waals surface area contributed by atoms with Crippen LogP contribution in [0.25, 0.3) is 0 Å². The summed E-state index contributed by atoms with van der Waals surface area (Å²) in [5, 5.41) is 6.26. The van der Waals surface area contributed by atoms with Crippen LogP contribution in [0.1, 0.15) is 25.0 Å². The summed E-state index contributed by atoms with van der Waals surface area (Å²) in [5.41, 5.74) is 1.59. The smallest absolute Gasteiger partial charge is 0.213 e. The maximum atomic E-state index is 13.6. The first-order valence-electron chi connectivity index (χ1n) is 7.88. The standard InChI is InChI=1S/C18H23FN4O.HI/c1-13(2)24-17-9-8-14(10-21-17)11-22-18(20-3)23-12-15-6-4-5-7-16(15)19;/h4-10,13H,11-12H2,1-3H3,(H2,20,22,23);1H. The Morgan fingerprint density at radius 1 is 1.16 bits per heavy atom. The Labute approximate surface area is 165 Å². The fourth-order valence-electron chi connectivity index (χ4n) is 2.05. The quantitative estimate of drug-likeness (QED) is 0.396. The summed E-state index contributed by atoms with van der Waals surface area (Å²) in [7, 11) is 1.68. The highest BCUT2D eigenvalue weighted by Crippen LogP contribution is 2.09. The number of benzene rings is 1. The van der Waals surface area contributed by atoms with Crippen LogP contribution in [0.4, 0.5) is 4.39 Å². The predicted molar refractivity (Wildman–Crippen MR) is 109 cm³/mol. The van der Waals surface area contributed by atoms with E-state index in [-0.39, 0.29) is 35.9 Å². The highest BCUT2D eigenvalue weighted by atomic mass is 127. The number of halogens is 2. The first-order chi connectivity index (χ1) is 11.6. The molecule has 0 spiro atoms. The average Bonchev–Trinajstić information content (AvgIpc) is 2.57. The van der Waals surface area contributed by atoms with Gasteiger partial charge in [-0.05, 0) is 25.5 Å². The third-order valence-electron chi connectivity index (χ3n) is 3.24. The number of aliphatic imine (C=N–C) groups is 1. The molecule has 0 aliphatic heterocycles. The molecule has 2 rings (SSSR count). The Morgan fingerprint density at radius 3 is 2.48 bits per heavy atom. The Bertz CT molecular complexity index is 677. The molecule has 2 N–H and O–H groups in total. The number of guanidine groups is 1. The number of nitrogens with zero attached hydrogens (tertiary/aromatic N) is 2. The molecule has 136 valence electrons. The Balaban J connectivity index is 0.00000312. The van der Waals surface area contributed by atoms with Gasteiger partial charge in [0.1, 0.15) is 5.82 Å². The Morgan fingerprint density at radius 2 is 1.88 bits per heavy atom. The number of ether oxygens (including phenoxy) is 1. The zero-order chi connectivity index (χ0) is 17.4. The molecule has 1 aromatic heterocycles. The van der Waals surface area contributed by atoms with Crippen molar-refractivity contribution in [3.63, 3.8) is 0 Å². The molecular weight excluding hydrogens is 434 g/mol. The van der Waals surface area contributed by atoms with Gasteiger partial charge < -0.3 is 15.4 Å². The maximum absolute atomic E-state index is 13.6. The van der Waals surface area contributed by atoms with Crippen molar-refractivity contribution in [3.8, 4) is 5.88 Å². The number of hydrogen-bond acceptors (Lipinski definition) is 3. The van der Waals surface area contributed by atoms with Crippen LogP contribution in [0.3, 0.4) is 0 Å². The van der Waals surface area contributed by atoms with Gasteiger partial charge in [-0.2, -0.15) is 0 Å². The van der Waals surface area contributed by atoms with Gasteiger partial charge in [0, 0.05) is 38.0 Å². The summed E-state index contributed by atoms with van der Waals surface area (Å²) >= 11 is 0. The largest absolute Gasteiger partial charge is 0.475 e. The summed E-state index contributed by atoms with van der Waals surface area (Å²) in [4.78, 5) is 8.39. The van der Waals surface area contributed by atoms with Crippen molar-refractivity contribution in [2.24, 2.45) is 4.99 Å². The topological polar surface area (TPSA) is 58.5 Å². The van der Waals surface area contributed by atoms with Crippen molar-refractivity contribution in [2.75, 3.05) is 7.05 Å². The number of hydrogen-bond donors (Lipinski definition) is 2. The van der Waals surface area contributed by atoms with Crippen molar-refractivity contribution in [1.82, 2.24) is 15.6 Å². The van der Waals surface area contributed by atoms with E-state index in [1.165, 1.54) is 6.07 Å². The predicted octanol–water partition coefficient (Wildman–Crippen LogP) is 3.49. The molecule has 2 aromatic rings. The molecule has 0 saturated heterocycles. The van der Waals surface area contributed by atoms with E-state index in [2.05, 4.69) is 20.6 Å². The van der Waals surface area contributed by atoms with Crippen molar-refractivity contribution >= 4 is 29.9 Å². The molecule has 0 saturated carbocycles.